The second-order valence-corrected chi connectivity index (χ2v) is 8.91. The van der Waals surface area contributed by atoms with Crippen molar-refractivity contribution in [3.63, 3.8) is 0 Å². The van der Waals surface area contributed by atoms with Gasteiger partial charge in [0.15, 0.2) is 5.78 Å². The summed E-state index contributed by atoms with van der Waals surface area (Å²) in [6.07, 6.45) is 1.80. The smallest absolute Gasteiger partial charge is 0.243 e. The van der Waals surface area contributed by atoms with E-state index in [0.29, 0.717) is 18.7 Å². The van der Waals surface area contributed by atoms with Crippen molar-refractivity contribution in [2.45, 2.75) is 17.7 Å². The molecule has 0 aromatic heterocycles. The molecule has 5 nitrogen and oxygen atoms in total. The zero-order valence-corrected chi connectivity index (χ0v) is 16.3. The molecule has 1 aliphatic heterocycles. The highest BCUT2D eigenvalue weighted by Crippen LogP contribution is 2.22. The number of Topliss-reactive ketones (excluding diaryl/α,β-unsaturated/α-hetero) is 1. The Hall–Kier alpha value is -2.70. The summed E-state index contributed by atoms with van der Waals surface area (Å²) < 4.78 is 26.6. The number of hydrogen-bond acceptors (Lipinski definition) is 4. The second kappa shape index (κ2) is 7.73. The van der Waals surface area contributed by atoms with Gasteiger partial charge in [-0.3, -0.25) is 4.79 Å². The van der Waals surface area contributed by atoms with E-state index in [1.807, 2.05) is 42.5 Å². The number of nitrogens with one attached hydrogen (secondary N) is 1. The summed E-state index contributed by atoms with van der Waals surface area (Å²) in [7, 11) is -3.45. The minimum atomic E-state index is -3.45. The topological polar surface area (TPSA) is 66.5 Å². The van der Waals surface area contributed by atoms with Crippen molar-refractivity contribution < 1.29 is 13.2 Å². The van der Waals surface area contributed by atoms with Gasteiger partial charge in [-0.25, -0.2) is 8.42 Å². The fourth-order valence-electron chi connectivity index (χ4n) is 3.47. The van der Waals surface area contributed by atoms with E-state index in [9.17, 15) is 13.2 Å². The molecule has 4 rings (SSSR count). The number of anilines is 1. The molecule has 1 N–H and O–H groups in total. The molecule has 0 saturated carbocycles. The number of rotatable bonds is 6. The first-order valence-corrected chi connectivity index (χ1v) is 10.8. The van der Waals surface area contributed by atoms with Crippen LogP contribution in [0.3, 0.4) is 0 Å². The van der Waals surface area contributed by atoms with E-state index in [-0.39, 0.29) is 17.2 Å². The molecule has 0 unspecified atom stereocenters. The average Bonchev–Trinajstić information content (AvgIpc) is 3.28. The summed E-state index contributed by atoms with van der Waals surface area (Å²) >= 11 is 0. The molecule has 1 saturated heterocycles. The van der Waals surface area contributed by atoms with Crippen LogP contribution < -0.4 is 5.32 Å². The lowest BCUT2D eigenvalue weighted by atomic mass is 10.1. The number of ketones is 1. The van der Waals surface area contributed by atoms with Crippen LogP contribution in [0, 0.1) is 0 Å². The Labute approximate surface area is 165 Å². The lowest BCUT2D eigenvalue weighted by Gasteiger charge is -2.15. The highest BCUT2D eigenvalue weighted by Gasteiger charge is 2.27. The van der Waals surface area contributed by atoms with Gasteiger partial charge in [0.1, 0.15) is 0 Å². The van der Waals surface area contributed by atoms with Gasteiger partial charge in [-0.1, -0.05) is 30.3 Å². The lowest BCUT2D eigenvalue weighted by molar-refractivity contribution is 0.101. The summed E-state index contributed by atoms with van der Waals surface area (Å²) in [5.74, 6) is -0.0849. The summed E-state index contributed by atoms with van der Waals surface area (Å²) in [6.45, 7) is 1.29. The summed E-state index contributed by atoms with van der Waals surface area (Å²) in [5, 5.41) is 5.40. The van der Waals surface area contributed by atoms with Crippen molar-refractivity contribution in [1.29, 1.82) is 0 Å². The summed E-state index contributed by atoms with van der Waals surface area (Å²) in [4.78, 5) is 12.7. The molecule has 1 heterocycles. The molecule has 0 radical (unpaired) electrons. The third-order valence-electron chi connectivity index (χ3n) is 5.08. The third kappa shape index (κ3) is 3.79. The first-order valence-electron chi connectivity index (χ1n) is 9.40. The fourth-order valence-corrected chi connectivity index (χ4v) is 4.99. The van der Waals surface area contributed by atoms with Crippen LogP contribution in [0.15, 0.2) is 71.6 Å². The van der Waals surface area contributed by atoms with E-state index in [0.717, 1.165) is 29.3 Å². The van der Waals surface area contributed by atoms with Gasteiger partial charge in [0.05, 0.1) is 11.4 Å². The molecular weight excluding hydrogens is 372 g/mol. The quantitative estimate of drug-likeness (QED) is 0.644. The third-order valence-corrected chi connectivity index (χ3v) is 6.99. The maximum atomic E-state index is 12.6. The predicted molar refractivity (Wildman–Crippen MR) is 111 cm³/mol. The molecule has 1 fully saturated rings. The van der Waals surface area contributed by atoms with Crippen LogP contribution in [0.2, 0.25) is 0 Å². The fraction of sp³-hybridized carbons (Fsp3) is 0.227. The molecule has 3 aromatic carbocycles. The molecule has 28 heavy (non-hydrogen) atoms. The van der Waals surface area contributed by atoms with Gasteiger partial charge in [-0.15, -0.1) is 0 Å². The van der Waals surface area contributed by atoms with Crippen LogP contribution >= 0.6 is 0 Å². The van der Waals surface area contributed by atoms with Crippen molar-refractivity contribution in [2.24, 2.45) is 0 Å². The number of fused-ring (bicyclic) bond motifs is 1. The van der Waals surface area contributed by atoms with Crippen LogP contribution in [-0.4, -0.2) is 38.1 Å². The van der Waals surface area contributed by atoms with E-state index < -0.39 is 10.0 Å². The molecular formula is C22H22N2O3S. The second-order valence-electron chi connectivity index (χ2n) is 6.97. The maximum absolute atomic E-state index is 12.6. The number of benzene rings is 3. The minimum Gasteiger partial charge on any atom is -0.378 e. The Morgan fingerprint density at radius 3 is 2.29 bits per heavy atom. The van der Waals surface area contributed by atoms with Crippen molar-refractivity contribution in [3.8, 4) is 0 Å². The molecule has 0 aliphatic carbocycles. The standard InChI is InChI=1S/C22H22N2O3S/c25-22(16-23-20-10-7-17-5-1-2-6-19(17)15-20)18-8-11-21(12-9-18)28(26,27)24-13-3-4-14-24/h1-2,5-12,15,23H,3-4,13-14,16H2. The van der Waals surface area contributed by atoms with Gasteiger partial charge >= 0.3 is 0 Å². The lowest BCUT2D eigenvalue weighted by Crippen LogP contribution is -2.27. The van der Waals surface area contributed by atoms with Crippen LogP contribution in [0.5, 0.6) is 0 Å². The van der Waals surface area contributed by atoms with Gasteiger partial charge in [-0.2, -0.15) is 4.31 Å². The van der Waals surface area contributed by atoms with Crippen LogP contribution in [-0.2, 0) is 10.0 Å². The van der Waals surface area contributed by atoms with E-state index in [2.05, 4.69) is 5.32 Å². The first-order chi connectivity index (χ1) is 13.5. The van der Waals surface area contributed by atoms with Crippen molar-refractivity contribution in [1.82, 2.24) is 4.31 Å². The predicted octanol–water partition coefficient (Wildman–Crippen LogP) is 3.92. The van der Waals surface area contributed by atoms with Crippen molar-refractivity contribution in [2.75, 3.05) is 25.0 Å². The van der Waals surface area contributed by atoms with Gasteiger partial charge < -0.3 is 5.32 Å². The molecule has 0 spiro atoms. The number of nitrogens with zero attached hydrogens (tertiary/aromatic N) is 1. The average molecular weight is 394 g/mol. The Morgan fingerprint density at radius 2 is 1.57 bits per heavy atom. The molecule has 1 aliphatic rings. The van der Waals surface area contributed by atoms with E-state index in [4.69, 9.17) is 0 Å². The van der Waals surface area contributed by atoms with E-state index in [1.54, 1.807) is 12.1 Å². The maximum Gasteiger partial charge on any atom is 0.243 e. The summed E-state index contributed by atoms with van der Waals surface area (Å²) in [6, 6.07) is 20.2. The van der Waals surface area contributed by atoms with Gasteiger partial charge in [-0.05, 0) is 60.0 Å². The SMILES string of the molecule is O=C(CNc1ccc2ccccc2c1)c1ccc(S(=O)(=O)N2CCCC2)cc1. The first kappa shape index (κ1) is 18.7. The van der Waals surface area contributed by atoms with Gasteiger partial charge in [0, 0.05) is 24.3 Å². The number of carbonyl (C=O) groups is 1. The Morgan fingerprint density at radius 1 is 0.893 bits per heavy atom. The summed E-state index contributed by atoms with van der Waals surface area (Å²) in [5.41, 5.74) is 1.37. The Bertz CT molecular complexity index is 1100. The highest BCUT2D eigenvalue weighted by atomic mass is 32.2. The Kier molecular flexibility index (Phi) is 5.15. The molecule has 0 amide bonds. The largest absolute Gasteiger partial charge is 0.378 e. The number of hydrogen-bond donors (Lipinski definition) is 1. The van der Waals surface area contributed by atoms with Crippen LogP contribution in [0.1, 0.15) is 23.2 Å². The zero-order chi connectivity index (χ0) is 19.6. The Balaban J connectivity index is 1.43. The zero-order valence-electron chi connectivity index (χ0n) is 15.5. The monoisotopic (exact) mass is 394 g/mol. The normalized spacial score (nSPS) is 15.0. The van der Waals surface area contributed by atoms with Gasteiger partial charge in [0.25, 0.3) is 0 Å². The van der Waals surface area contributed by atoms with E-state index in [1.165, 1.54) is 16.4 Å². The number of carbonyl (C=O) groups excluding carboxylic acids is 1. The minimum absolute atomic E-state index is 0.0849. The van der Waals surface area contributed by atoms with Crippen molar-refractivity contribution in [3.05, 3.63) is 72.3 Å². The molecule has 0 atom stereocenters. The van der Waals surface area contributed by atoms with Crippen molar-refractivity contribution >= 4 is 32.3 Å². The molecule has 3 aromatic rings. The highest BCUT2D eigenvalue weighted by molar-refractivity contribution is 7.89. The molecule has 6 heteroatoms. The van der Waals surface area contributed by atoms with Crippen LogP contribution in [0.25, 0.3) is 10.8 Å². The molecule has 144 valence electrons. The molecule has 0 bridgehead atoms. The van der Waals surface area contributed by atoms with Gasteiger partial charge in [0.2, 0.25) is 10.0 Å². The van der Waals surface area contributed by atoms with E-state index >= 15 is 0 Å². The number of sulfonamides is 1. The van der Waals surface area contributed by atoms with Crippen LogP contribution in [0.4, 0.5) is 5.69 Å².